The molecule has 0 aliphatic heterocycles. The van der Waals surface area contributed by atoms with Crippen LogP contribution in [0.2, 0.25) is 0 Å². The molecule has 4 heteroatoms. The first-order chi connectivity index (χ1) is 11.6. The van der Waals surface area contributed by atoms with E-state index in [1.54, 1.807) is 6.92 Å². The van der Waals surface area contributed by atoms with Crippen molar-refractivity contribution in [1.82, 2.24) is 0 Å². The number of unbranched alkanes of at least 4 members (excludes halogenated alkanes) is 7. The zero-order chi connectivity index (χ0) is 18.0. The number of carbonyl (C=O) groups excluding carboxylic acids is 1. The average molecular weight is 343 g/mol. The summed E-state index contributed by atoms with van der Waals surface area (Å²) < 4.78 is 10.5. The minimum atomic E-state index is -0.491. The fraction of sp³-hybridized carbons (Fsp3) is 0.850. The maximum atomic E-state index is 11.6. The molecule has 0 spiro atoms. The van der Waals surface area contributed by atoms with Crippen LogP contribution in [0.1, 0.15) is 85.0 Å². The van der Waals surface area contributed by atoms with Gasteiger partial charge in [-0.2, -0.15) is 0 Å². The van der Waals surface area contributed by atoms with E-state index in [9.17, 15) is 4.79 Å². The molecule has 0 heterocycles. The highest BCUT2D eigenvalue weighted by Crippen LogP contribution is 2.09. The second kappa shape index (κ2) is 17.0. The minimum absolute atomic E-state index is 0.152. The van der Waals surface area contributed by atoms with Crippen molar-refractivity contribution in [3.8, 4) is 0 Å². The third-order valence-electron chi connectivity index (χ3n) is 3.74. The SMILES string of the molecule is CCCC/C=C\CCCCCCCC(=O)OCC(C)OCC(C)O. The van der Waals surface area contributed by atoms with Crippen molar-refractivity contribution < 1.29 is 19.4 Å². The first-order valence-electron chi connectivity index (χ1n) is 9.66. The molecule has 0 aromatic heterocycles. The first-order valence-corrected chi connectivity index (χ1v) is 9.66. The lowest BCUT2D eigenvalue weighted by molar-refractivity contribution is -0.148. The Morgan fingerprint density at radius 3 is 2.25 bits per heavy atom. The fourth-order valence-electron chi connectivity index (χ4n) is 2.25. The van der Waals surface area contributed by atoms with Crippen LogP contribution < -0.4 is 0 Å². The molecule has 0 bridgehead atoms. The highest BCUT2D eigenvalue weighted by atomic mass is 16.6. The molecule has 0 radical (unpaired) electrons. The molecule has 0 saturated heterocycles. The van der Waals surface area contributed by atoms with Crippen LogP contribution in [0.25, 0.3) is 0 Å². The molecule has 0 aromatic rings. The number of aliphatic hydroxyl groups excluding tert-OH is 1. The molecule has 0 amide bonds. The highest BCUT2D eigenvalue weighted by Gasteiger charge is 2.08. The molecule has 2 atom stereocenters. The normalized spacial score (nSPS) is 14.0. The van der Waals surface area contributed by atoms with Crippen LogP contribution in [0.4, 0.5) is 0 Å². The van der Waals surface area contributed by atoms with E-state index in [0.29, 0.717) is 6.42 Å². The van der Waals surface area contributed by atoms with Gasteiger partial charge in [-0.3, -0.25) is 4.79 Å². The summed E-state index contributed by atoms with van der Waals surface area (Å²) in [4.78, 5) is 11.6. The van der Waals surface area contributed by atoms with E-state index in [1.165, 1.54) is 44.9 Å². The zero-order valence-electron chi connectivity index (χ0n) is 16.0. The van der Waals surface area contributed by atoms with Gasteiger partial charge in [-0.1, -0.05) is 51.2 Å². The Morgan fingerprint density at radius 1 is 0.958 bits per heavy atom. The maximum Gasteiger partial charge on any atom is 0.305 e. The predicted octanol–water partition coefficient (Wildman–Crippen LogP) is 4.79. The van der Waals surface area contributed by atoms with Gasteiger partial charge in [-0.15, -0.1) is 0 Å². The highest BCUT2D eigenvalue weighted by molar-refractivity contribution is 5.69. The van der Waals surface area contributed by atoms with Gasteiger partial charge in [0.15, 0.2) is 0 Å². The number of ether oxygens (including phenoxy) is 2. The van der Waals surface area contributed by atoms with E-state index in [4.69, 9.17) is 14.6 Å². The number of esters is 1. The molecule has 0 rings (SSSR count). The van der Waals surface area contributed by atoms with Crippen molar-refractivity contribution in [2.45, 2.75) is 97.2 Å². The Labute approximate surface area is 148 Å². The van der Waals surface area contributed by atoms with E-state index in [2.05, 4.69) is 19.1 Å². The second-order valence-electron chi connectivity index (χ2n) is 6.60. The van der Waals surface area contributed by atoms with Gasteiger partial charge in [0.2, 0.25) is 0 Å². The number of hydrogen-bond donors (Lipinski definition) is 1. The van der Waals surface area contributed by atoms with E-state index in [0.717, 1.165) is 12.8 Å². The molecular formula is C20H38O4. The summed E-state index contributed by atoms with van der Waals surface area (Å²) in [5.41, 5.74) is 0. The van der Waals surface area contributed by atoms with Gasteiger partial charge in [0.25, 0.3) is 0 Å². The Morgan fingerprint density at radius 2 is 1.58 bits per heavy atom. The molecule has 0 aliphatic carbocycles. The van der Waals surface area contributed by atoms with Crippen molar-refractivity contribution in [1.29, 1.82) is 0 Å². The molecule has 0 fully saturated rings. The lowest BCUT2D eigenvalue weighted by Gasteiger charge is -2.14. The second-order valence-corrected chi connectivity index (χ2v) is 6.60. The molecule has 142 valence electrons. The fourth-order valence-corrected chi connectivity index (χ4v) is 2.25. The quantitative estimate of drug-likeness (QED) is 0.249. The van der Waals surface area contributed by atoms with Crippen LogP contribution in [0.15, 0.2) is 12.2 Å². The molecule has 4 nitrogen and oxygen atoms in total. The predicted molar refractivity (Wildman–Crippen MR) is 99.0 cm³/mol. The standard InChI is InChI=1S/C20H38O4/c1-4-5-6-7-8-9-10-11-12-13-14-15-20(22)24-17-19(3)23-16-18(2)21/h7-8,18-19,21H,4-6,9-17H2,1-3H3/b8-7-. The van der Waals surface area contributed by atoms with E-state index in [1.807, 2.05) is 6.92 Å². The Hall–Kier alpha value is -0.870. The number of hydrogen-bond acceptors (Lipinski definition) is 4. The van der Waals surface area contributed by atoms with E-state index in [-0.39, 0.29) is 25.3 Å². The van der Waals surface area contributed by atoms with Gasteiger partial charge in [0.1, 0.15) is 6.61 Å². The summed E-state index contributed by atoms with van der Waals surface area (Å²) in [5, 5.41) is 9.11. The van der Waals surface area contributed by atoms with Crippen LogP contribution in [0.5, 0.6) is 0 Å². The van der Waals surface area contributed by atoms with Crippen LogP contribution in [-0.4, -0.2) is 36.5 Å². The summed E-state index contributed by atoms with van der Waals surface area (Å²) in [5.74, 6) is -0.152. The van der Waals surface area contributed by atoms with Crippen LogP contribution in [-0.2, 0) is 14.3 Å². The summed E-state index contributed by atoms with van der Waals surface area (Å²) in [6, 6.07) is 0. The number of allylic oxidation sites excluding steroid dienone is 2. The summed E-state index contributed by atoms with van der Waals surface area (Å²) in [7, 11) is 0. The molecule has 1 N–H and O–H groups in total. The van der Waals surface area contributed by atoms with Crippen molar-refractivity contribution in [3.63, 3.8) is 0 Å². The van der Waals surface area contributed by atoms with Crippen LogP contribution in [0.3, 0.4) is 0 Å². The van der Waals surface area contributed by atoms with Gasteiger partial charge >= 0.3 is 5.97 Å². The van der Waals surface area contributed by atoms with E-state index >= 15 is 0 Å². The Balaban J connectivity index is 3.35. The molecular weight excluding hydrogens is 304 g/mol. The minimum Gasteiger partial charge on any atom is -0.463 e. The topological polar surface area (TPSA) is 55.8 Å². The van der Waals surface area contributed by atoms with Crippen molar-refractivity contribution >= 4 is 5.97 Å². The third-order valence-corrected chi connectivity index (χ3v) is 3.74. The smallest absolute Gasteiger partial charge is 0.305 e. The van der Waals surface area contributed by atoms with Crippen LogP contribution in [0, 0.1) is 0 Å². The summed E-state index contributed by atoms with van der Waals surface area (Å²) in [6.45, 7) is 6.26. The van der Waals surface area contributed by atoms with Crippen molar-refractivity contribution in [3.05, 3.63) is 12.2 Å². The molecule has 24 heavy (non-hydrogen) atoms. The number of aliphatic hydroxyl groups is 1. The van der Waals surface area contributed by atoms with Gasteiger partial charge < -0.3 is 14.6 Å². The monoisotopic (exact) mass is 342 g/mol. The molecule has 0 aliphatic rings. The number of carbonyl (C=O) groups is 1. The van der Waals surface area contributed by atoms with Crippen molar-refractivity contribution in [2.24, 2.45) is 0 Å². The zero-order valence-corrected chi connectivity index (χ0v) is 16.0. The Bertz CT molecular complexity index is 313. The maximum absolute atomic E-state index is 11.6. The third kappa shape index (κ3) is 17.5. The summed E-state index contributed by atoms with van der Waals surface area (Å²) >= 11 is 0. The first kappa shape index (κ1) is 23.1. The lowest BCUT2D eigenvalue weighted by atomic mass is 10.1. The van der Waals surface area contributed by atoms with Crippen LogP contribution >= 0.6 is 0 Å². The average Bonchev–Trinajstić information content (AvgIpc) is 2.56. The molecule has 2 unspecified atom stereocenters. The number of rotatable bonds is 16. The van der Waals surface area contributed by atoms with Crippen molar-refractivity contribution in [2.75, 3.05) is 13.2 Å². The summed E-state index contributed by atoms with van der Waals surface area (Å²) in [6.07, 6.45) is 15.0. The van der Waals surface area contributed by atoms with E-state index < -0.39 is 6.10 Å². The van der Waals surface area contributed by atoms with Gasteiger partial charge in [-0.05, 0) is 39.5 Å². The molecule has 0 saturated carbocycles. The van der Waals surface area contributed by atoms with Gasteiger partial charge in [0, 0.05) is 6.42 Å². The lowest BCUT2D eigenvalue weighted by Crippen LogP contribution is -2.23. The van der Waals surface area contributed by atoms with Gasteiger partial charge in [0.05, 0.1) is 18.8 Å². The molecule has 0 aromatic carbocycles. The largest absolute Gasteiger partial charge is 0.463 e. The Kier molecular flexibility index (Phi) is 16.4. The van der Waals surface area contributed by atoms with Gasteiger partial charge in [-0.25, -0.2) is 0 Å².